The molecule has 1 fully saturated rings. The fraction of sp³-hybridized carbons (Fsp3) is 0.533. The topological polar surface area (TPSA) is 175 Å². The zero-order chi connectivity index (χ0) is 20.5. The first-order valence-electron chi connectivity index (χ1n) is 8.45. The molecule has 2 aromatic rings. The Hall–Kier alpha value is -1.76. The van der Waals surface area contributed by atoms with Crippen LogP contribution in [0.5, 0.6) is 0 Å². The van der Waals surface area contributed by atoms with Gasteiger partial charge in [0.15, 0.2) is 23.2 Å². The zero-order valence-corrected chi connectivity index (χ0v) is 16.1. The van der Waals surface area contributed by atoms with Crippen LogP contribution in [0.2, 0.25) is 0 Å². The summed E-state index contributed by atoms with van der Waals surface area (Å²) in [6.07, 6.45) is -0.152. The second-order valence-electron chi connectivity index (χ2n) is 6.56. The number of anilines is 1. The number of rotatable bonds is 7. The van der Waals surface area contributed by atoms with Crippen molar-refractivity contribution in [1.82, 2.24) is 19.5 Å². The van der Waals surface area contributed by atoms with Crippen LogP contribution >= 0.6 is 8.17 Å². The maximum atomic E-state index is 10.3. The zero-order valence-electron chi connectivity index (χ0n) is 15.2. The third-order valence-electron chi connectivity index (χ3n) is 4.16. The van der Waals surface area contributed by atoms with Crippen molar-refractivity contribution in [3.05, 3.63) is 24.3 Å². The summed E-state index contributed by atoms with van der Waals surface area (Å²) in [7, 11) is -4.48. The van der Waals surface area contributed by atoms with E-state index in [2.05, 4.69) is 24.8 Å². The molecule has 1 aliphatic heterocycles. The fourth-order valence-electron chi connectivity index (χ4n) is 2.79. The summed E-state index contributed by atoms with van der Waals surface area (Å²) in [5.41, 5.74) is 1.98. The van der Waals surface area contributed by atoms with E-state index in [1.165, 1.54) is 17.2 Å². The van der Waals surface area contributed by atoms with Gasteiger partial charge in [-0.15, -0.1) is 0 Å². The normalized spacial score (nSPS) is 25.2. The van der Waals surface area contributed by atoms with Gasteiger partial charge < -0.3 is 20.3 Å². The van der Waals surface area contributed by atoms with Gasteiger partial charge in [0.2, 0.25) is 0 Å². The number of hydrogen-bond acceptors (Lipinski definition) is 11. The molecule has 4 atom stereocenters. The standard InChI is InChI=1S/C15H23N5O7P/c1-8(2)3-4-16-13-10-14(18-6-17-13)20(7-19-10)15-12(22)11(21)9(27-15)5-26-28(23,24)25/h3,6-7,9,11-12,15,21-25H,4-5H2,1-2H3,(H,16,17,18)/q+1/t9-,11-,12-,15-/m1/s1. The molecular formula is C15H23N5O7P+. The number of nitrogens with zero attached hydrogens (tertiary/aromatic N) is 4. The predicted octanol–water partition coefficient (Wildman–Crippen LogP) is -0.505. The molecule has 1 aliphatic rings. The highest BCUT2D eigenvalue weighted by Gasteiger charge is 2.47. The van der Waals surface area contributed by atoms with Crippen molar-refractivity contribution in [2.24, 2.45) is 0 Å². The van der Waals surface area contributed by atoms with Gasteiger partial charge in [0.05, 0.1) is 6.33 Å². The average Bonchev–Trinajstić information content (AvgIpc) is 3.15. The summed E-state index contributed by atoms with van der Waals surface area (Å²) >= 11 is 0. The van der Waals surface area contributed by atoms with E-state index < -0.39 is 39.3 Å². The number of hydrogen-bond donors (Lipinski definition) is 6. The summed E-state index contributed by atoms with van der Waals surface area (Å²) in [6.45, 7) is 3.98. The highest BCUT2D eigenvalue weighted by atomic mass is 31.2. The second-order valence-corrected chi connectivity index (χ2v) is 7.85. The van der Waals surface area contributed by atoms with Crippen molar-refractivity contribution in [3.63, 3.8) is 0 Å². The number of ether oxygens (including phenoxy) is 1. The van der Waals surface area contributed by atoms with Crippen LogP contribution in [-0.4, -0.2) is 75.9 Å². The molecule has 0 amide bonds. The lowest BCUT2D eigenvalue weighted by Gasteiger charge is -2.16. The van der Waals surface area contributed by atoms with Gasteiger partial charge in [0.1, 0.15) is 31.2 Å². The smallest absolute Gasteiger partial charge is 0.387 e. The van der Waals surface area contributed by atoms with Crippen molar-refractivity contribution < 1.29 is 34.2 Å². The molecule has 2 aromatic heterocycles. The van der Waals surface area contributed by atoms with E-state index in [9.17, 15) is 10.2 Å². The molecule has 0 aromatic carbocycles. The van der Waals surface area contributed by atoms with Gasteiger partial charge in [-0.05, 0) is 13.8 Å². The monoisotopic (exact) mass is 416 g/mol. The van der Waals surface area contributed by atoms with Gasteiger partial charge in [-0.25, -0.2) is 15.0 Å². The first-order chi connectivity index (χ1) is 13.2. The summed E-state index contributed by atoms with van der Waals surface area (Å²) in [6, 6.07) is 0. The fourth-order valence-corrected chi connectivity index (χ4v) is 3.14. The number of aliphatic hydroxyl groups is 2. The van der Waals surface area contributed by atoms with Crippen molar-refractivity contribution >= 4 is 25.2 Å². The maximum Gasteiger partial charge on any atom is 0.567 e. The Morgan fingerprint density at radius 2 is 2.00 bits per heavy atom. The minimum atomic E-state index is -4.48. The Balaban J connectivity index is 1.81. The van der Waals surface area contributed by atoms with Crippen LogP contribution in [-0.2, 0) is 9.26 Å². The van der Waals surface area contributed by atoms with Gasteiger partial charge >= 0.3 is 8.17 Å². The van der Waals surface area contributed by atoms with E-state index in [-0.39, 0.29) is 0 Å². The number of fused-ring (bicyclic) bond motifs is 1. The van der Waals surface area contributed by atoms with Crippen molar-refractivity contribution in [3.8, 4) is 0 Å². The van der Waals surface area contributed by atoms with Crippen molar-refractivity contribution in [2.75, 3.05) is 18.5 Å². The number of imidazole rings is 1. The van der Waals surface area contributed by atoms with Crippen LogP contribution in [0.3, 0.4) is 0 Å². The Morgan fingerprint density at radius 3 is 2.68 bits per heavy atom. The molecule has 0 aliphatic carbocycles. The number of aliphatic hydroxyl groups excluding tert-OH is 2. The lowest BCUT2D eigenvalue weighted by Crippen LogP contribution is -2.33. The molecule has 0 saturated carbocycles. The molecule has 3 rings (SSSR count). The predicted molar refractivity (Wildman–Crippen MR) is 98.7 cm³/mol. The van der Waals surface area contributed by atoms with Gasteiger partial charge in [-0.1, -0.05) is 11.6 Å². The summed E-state index contributed by atoms with van der Waals surface area (Å²) in [4.78, 5) is 39.4. The summed E-state index contributed by atoms with van der Waals surface area (Å²) < 4.78 is 11.5. The molecular weight excluding hydrogens is 393 g/mol. The largest absolute Gasteiger partial charge is 0.567 e. The average molecular weight is 416 g/mol. The van der Waals surface area contributed by atoms with E-state index in [1.54, 1.807) is 0 Å². The quantitative estimate of drug-likeness (QED) is 0.253. The van der Waals surface area contributed by atoms with Crippen LogP contribution in [0.15, 0.2) is 24.3 Å². The molecule has 1 saturated heterocycles. The highest BCUT2D eigenvalue weighted by Crippen LogP contribution is 2.46. The summed E-state index contributed by atoms with van der Waals surface area (Å²) in [5, 5.41) is 23.6. The minimum Gasteiger partial charge on any atom is -0.387 e. The van der Waals surface area contributed by atoms with E-state index >= 15 is 0 Å². The SMILES string of the molecule is CC(C)=CCNc1ncnc2c1ncn2[C@@H]1O[C@H](CO[P+](O)(O)O)[C@@H](O)[C@H]1O. The number of aromatic nitrogens is 4. The van der Waals surface area contributed by atoms with E-state index in [0.717, 1.165) is 5.57 Å². The van der Waals surface area contributed by atoms with Gasteiger partial charge in [-0.3, -0.25) is 4.57 Å². The lowest BCUT2D eigenvalue weighted by molar-refractivity contribution is -0.0523. The second kappa shape index (κ2) is 8.31. The van der Waals surface area contributed by atoms with Crippen LogP contribution in [0.1, 0.15) is 20.1 Å². The molecule has 13 heteroatoms. The van der Waals surface area contributed by atoms with Crippen molar-refractivity contribution in [1.29, 1.82) is 0 Å². The van der Waals surface area contributed by atoms with Gasteiger partial charge in [-0.2, -0.15) is 19.2 Å². The molecule has 0 spiro atoms. The van der Waals surface area contributed by atoms with E-state index in [0.29, 0.717) is 23.5 Å². The van der Waals surface area contributed by atoms with E-state index in [1.807, 2.05) is 19.9 Å². The minimum absolute atomic E-state index is 0.376. The molecule has 0 unspecified atom stereocenters. The molecule has 0 radical (unpaired) electrons. The van der Waals surface area contributed by atoms with Gasteiger partial charge in [0.25, 0.3) is 0 Å². The third-order valence-corrected chi connectivity index (χ3v) is 4.66. The van der Waals surface area contributed by atoms with E-state index in [4.69, 9.17) is 19.4 Å². The Labute approximate surface area is 160 Å². The molecule has 154 valence electrons. The first-order valence-corrected chi connectivity index (χ1v) is 10.0. The molecule has 12 nitrogen and oxygen atoms in total. The molecule has 6 N–H and O–H groups in total. The number of allylic oxidation sites excluding steroid dienone is 1. The van der Waals surface area contributed by atoms with Crippen LogP contribution in [0.4, 0.5) is 5.82 Å². The Bertz CT molecular complexity index is 851. The Morgan fingerprint density at radius 1 is 1.25 bits per heavy atom. The highest BCUT2D eigenvalue weighted by molar-refractivity contribution is 7.53. The van der Waals surface area contributed by atoms with Crippen LogP contribution in [0, 0.1) is 0 Å². The van der Waals surface area contributed by atoms with Crippen molar-refractivity contribution in [2.45, 2.75) is 38.4 Å². The molecule has 28 heavy (non-hydrogen) atoms. The Kier molecular flexibility index (Phi) is 6.22. The number of nitrogens with one attached hydrogen (secondary N) is 1. The van der Waals surface area contributed by atoms with Crippen LogP contribution in [0.25, 0.3) is 11.2 Å². The van der Waals surface area contributed by atoms with Crippen LogP contribution < -0.4 is 5.32 Å². The maximum absolute atomic E-state index is 10.3. The third kappa shape index (κ3) is 4.62. The first kappa shape index (κ1) is 21.0. The molecule has 3 heterocycles. The lowest BCUT2D eigenvalue weighted by atomic mass is 10.1. The van der Waals surface area contributed by atoms with Gasteiger partial charge in [0, 0.05) is 6.54 Å². The molecule has 0 bridgehead atoms. The summed E-state index contributed by atoms with van der Waals surface area (Å²) in [5.74, 6) is 0.504.